The summed E-state index contributed by atoms with van der Waals surface area (Å²) >= 11 is 0. The first-order chi connectivity index (χ1) is 10.6. The van der Waals surface area contributed by atoms with Crippen LogP contribution in [0.5, 0.6) is 0 Å². The molecule has 2 rings (SSSR count). The van der Waals surface area contributed by atoms with Crippen molar-refractivity contribution in [2.75, 3.05) is 39.5 Å². The third-order valence-electron chi connectivity index (χ3n) is 3.29. The highest BCUT2D eigenvalue weighted by atomic mass is 16.6. The first-order valence-electron chi connectivity index (χ1n) is 7.34. The molecule has 6 heteroatoms. The van der Waals surface area contributed by atoms with Gasteiger partial charge in [-0.05, 0) is 17.7 Å². The van der Waals surface area contributed by atoms with E-state index < -0.39 is 5.97 Å². The molecule has 0 aliphatic carbocycles. The van der Waals surface area contributed by atoms with E-state index in [2.05, 4.69) is 4.90 Å². The molecule has 1 aliphatic rings. The van der Waals surface area contributed by atoms with Crippen LogP contribution in [0.2, 0.25) is 0 Å². The van der Waals surface area contributed by atoms with Gasteiger partial charge in [-0.25, -0.2) is 4.79 Å². The number of morpholine rings is 1. The number of benzene rings is 1. The lowest BCUT2D eigenvalue weighted by atomic mass is 10.1. The molecule has 1 fully saturated rings. The Morgan fingerprint density at radius 2 is 1.91 bits per heavy atom. The molecule has 1 saturated heterocycles. The topological polar surface area (TPSA) is 65.1 Å². The van der Waals surface area contributed by atoms with E-state index in [0.29, 0.717) is 5.56 Å². The van der Waals surface area contributed by atoms with Crippen LogP contribution in [0.1, 0.15) is 22.8 Å². The van der Waals surface area contributed by atoms with Gasteiger partial charge in [0.15, 0.2) is 0 Å². The lowest BCUT2D eigenvalue weighted by molar-refractivity contribution is -0.142. The van der Waals surface area contributed by atoms with E-state index >= 15 is 0 Å². The fraction of sp³-hybridized carbons (Fsp3) is 0.500. The van der Waals surface area contributed by atoms with Gasteiger partial charge in [0, 0.05) is 26.6 Å². The second kappa shape index (κ2) is 8.51. The van der Waals surface area contributed by atoms with Crippen LogP contribution in [0.3, 0.4) is 0 Å². The summed E-state index contributed by atoms with van der Waals surface area (Å²) in [4.78, 5) is 24.8. The smallest absolute Gasteiger partial charge is 0.338 e. The molecular weight excluding hydrogens is 286 g/mol. The second-order valence-electron chi connectivity index (χ2n) is 5.06. The summed E-state index contributed by atoms with van der Waals surface area (Å²) in [7, 11) is 0. The number of ether oxygens (including phenoxy) is 3. The van der Waals surface area contributed by atoms with E-state index in [9.17, 15) is 9.59 Å². The van der Waals surface area contributed by atoms with Crippen LogP contribution in [-0.2, 0) is 25.5 Å². The van der Waals surface area contributed by atoms with Crippen molar-refractivity contribution in [2.45, 2.75) is 13.5 Å². The largest absolute Gasteiger partial charge is 0.462 e. The molecule has 0 bridgehead atoms. The molecule has 0 atom stereocenters. The van der Waals surface area contributed by atoms with Gasteiger partial charge in [0.2, 0.25) is 0 Å². The molecule has 0 spiro atoms. The molecule has 6 nitrogen and oxygen atoms in total. The number of esters is 2. The van der Waals surface area contributed by atoms with E-state index in [1.165, 1.54) is 6.92 Å². The maximum atomic E-state index is 11.9. The van der Waals surface area contributed by atoms with Crippen molar-refractivity contribution in [2.24, 2.45) is 0 Å². The number of nitrogens with zero attached hydrogens (tertiary/aromatic N) is 1. The molecule has 1 aromatic carbocycles. The van der Waals surface area contributed by atoms with Crippen molar-refractivity contribution in [1.29, 1.82) is 0 Å². The molecule has 0 radical (unpaired) electrons. The van der Waals surface area contributed by atoms with E-state index in [-0.39, 0.29) is 19.2 Å². The maximum absolute atomic E-state index is 11.9. The van der Waals surface area contributed by atoms with Gasteiger partial charge >= 0.3 is 11.9 Å². The van der Waals surface area contributed by atoms with Crippen LogP contribution < -0.4 is 0 Å². The Hall–Kier alpha value is -1.92. The van der Waals surface area contributed by atoms with Gasteiger partial charge in [-0.1, -0.05) is 12.1 Å². The quantitative estimate of drug-likeness (QED) is 0.582. The third kappa shape index (κ3) is 5.46. The summed E-state index contributed by atoms with van der Waals surface area (Å²) in [6.45, 7) is 5.54. The van der Waals surface area contributed by atoms with Crippen LogP contribution in [0.25, 0.3) is 0 Å². The van der Waals surface area contributed by atoms with Crippen LogP contribution in [-0.4, -0.2) is 56.4 Å². The Morgan fingerprint density at radius 1 is 1.18 bits per heavy atom. The molecule has 0 aromatic heterocycles. The van der Waals surface area contributed by atoms with Crippen molar-refractivity contribution >= 4 is 11.9 Å². The fourth-order valence-electron chi connectivity index (χ4n) is 2.22. The van der Waals surface area contributed by atoms with E-state index in [0.717, 1.165) is 38.4 Å². The van der Waals surface area contributed by atoms with E-state index in [1.807, 2.05) is 18.2 Å². The summed E-state index contributed by atoms with van der Waals surface area (Å²) < 4.78 is 15.1. The molecule has 120 valence electrons. The Kier molecular flexibility index (Phi) is 6.36. The highest BCUT2D eigenvalue weighted by Gasteiger charge is 2.12. The molecule has 1 heterocycles. The second-order valence-corrected chi connectivity index (χ2v) is 5.06. The summed E-state index contributed by atoms with van der Waals surface area (Å²) in [5.41, 5.74) is 1.57. The number of rotatable bonds is 6. The highest BCUT2D eigenvalue weighted by molar-refractivity contribution is 5.89. The molecule has 22 heavy (non-hydrogen) atoms. The lowest BCUT2D eigenvalue weighted by Crippen LogP contribution is -2.35. The molecule has 0 N–H and O–H groups in total. The minimum Gasteiger partial charge on any atom is -0.462 e. The summed E-state index contributed by atoms with van der Waals surface area (Å²) in [5.74, 6) is -0.792. The minimum absolute atomic E-state index is 0.0616. The maximum Gasteiger partial charge on any atom is 0.338 e. The molecule has 1 aromatic rings. The standard InChI is InChI=1S/C16H21NO5/c1-13(18)21-9-10-22-16(19)15-4-2-3-14(11-15)12-17-5-7-20-8-6-17/h2-4,11H,5-10,12H2,1H3. The Labute approximate surface area is 129 Å². The van der Waals surface area contributed by atoms with Crippen molar-refractivity contribution in [3.8, 4) is 0 Å². The minimum atomic E-state index is -0.407. The average molecular weight is 307 g/mol. The summed E-state index contributed by atoms with van der Waals surface area (Å²) in [5, 5.41) is 0. The lowest BCUT2D eigenvalue weighted by Gasteiger charge is -2.26. The van der Waals surface area contributed by atoms with Gasteiger partial charge < -0.3 is 14.2 Å². The zero-order valence-electron chi connectivity index (χ0n) is 12.7. The normalized spacial score (nSPS) is 15.3. The molecular formula is C16H21NO5. The van der Waals surface area contributed by atoms with E-state index in [1.54, 1.807) is 6.07 Å². The molecule has 0 saturated carbocycles. The average Bonchev–Trinajstić information content (AvgIpc) is 2.52. The predicted molar refractivity (Wildman–Crippen MR) is 79.5 cm³/mol. The van der Waals surface area contributed by atoms with Gasteiger partial charge in [0.25, 0.3) is 0 Å². The van der Waals surface area contributed by atoms with Gasteiger partial charge in [-0.15, -0.1) is 0 Å². The predicted octanol–water partition coefficient (Wildman–Crippen LogP) is 1.24. The van der Waals surface area contributed by atoms with Gasteiger partial charge in [0.05, 0.1) is 18.8 Å². The number of carbonyl (C=O) groups is 2. The Bertz CT molecular complexity index is 511. The van der Waals surface area contributed by atoms with E-state index in [4.69, 9.17) is 14.2 Å². The Balaban J connectivity index is 1.84. The van der Waals surface area contributed by atoms with Gasteiger partial charge in [0.1, 0.15) is 13.2 Å². The summed E-state index contributed by atoms with van der Waals surface area (Å²) in [6, 6.07) is 7.39. The first kappa shape index (κ1) is 16.5. The monoisotopic (exact) mass is 307 g/mol. The zero-order chi connectivity index (χ0) is 15.8. The van der Waals surface area contributed by atoms with Crippen LogP contribution >= 0.6 is 0 Å². The molecule has 0 amide bonds. The number of hydrogen-bond donors (Lipinski definition) is 0. The third-order valence-corrected chi connectivity index (χ3v) is 3.29. The van der Waals surface area contributed by atoms with Gasteiger partial charge in [-0.3, -0.25) is 9.69 Å². The van der Waals surface area contributed by atoms with Gasteiger partial charge in [-0.2, -0.15) is 0 Å². The highest BCUT2D eigenvalue weighted by Crippen LogP contribution is 2.11. The van der Waals surface area contributed by atoms with Crippen LogP contribution in [0.15, 0.2) is 24.3 Å². The molecule has 1 aliphatic heterocycles. The zero-order valence-corrected chi connectivity index (χ0v) is 12.7. The van der Waals surface area contributed by atoms with Crippen molar-refractivity contribution in [3.05, 3.63) is 35.4 Å². The number of carbonyl (C=O) groups excluding carboxylic acids is 2. The van der Waals surface area contributed by atoms with Crippen LogP contribution in [0, 0.1) is 0 Å². The van der Waals surface area contributed by atoms with Crippen molar-refractivity contribution in [3.63, 3.8) is 0 Å². The summed E-state index contributed by atoms with van der Waals surface area (Å²) in [6.07, 6.45) is 0. The number of hydrogen-bond acceptors (Lipinski definition) is 6. The van der Waals surface area contributed by atoms with Crippen molar-refractivity contribution in [1.82, 2.24) is 4.90 Å². The fourth-order valence-corrected chi connectivity index (χ4v) is 2.22. The first-order valence-corrected chi connectivity index (χ1v) is 7.34. The Morgan fingerprint density at radius 3 is 2.64 bits per heavy atom. The van der Waals surface area contributed by atoms with Crippen molar-refractivity contribution < 1.29 is 23.8 Å². The SMILES string of the molecule is CC(=O)OCCOC(=O)c1cccc(CN2CCOCC2)c1. The van der Waals surface area contributed by atoms with Crippen LogP contribution in [0.4, 0.5) is 0 Å². The molecule has 0 unspecified atom stereocenters.